The molecule has 6 heteroatoms. The van der Waals surface area contributed by atoms with Crippen molar-refractivity contribution in [2.75, 3.05) is 18.4 Å². The fraction of sp³-hybridized carbons (Fsp3) is 0.600. The maximum atomic E-state index is 12.0. The summed E-state index contributed by atoms with van der Waals surface area (Å²) < 4.78 is 0. The number of nitrogens with one attached hydrogen (secondary N) is 3. The predicted molar refractivity (Wildman–Crippen MR) is 108 cm³/mol. The summed E-state index contributed by atoms with van der Waals surface area (Å²) in [5.41, 5.74) is 1.78. The Morgan fingerprint density at radius 3 is 2.62 bits per heavy atom. The topological polar surface area (TPSA) is 70.2 Å². The monoisotopic (exact) mass is 381 g/mol. The summed E-state index contributed by atoms with van der Waals surface area (Å²) in [5.74, 6) is 1.14. The van der Waals surface area contributed by atoms with Crippen LogP contribution in [0.15, 0.2) is 24.3 Å². The third-order valence-corrected chi connectivity index (χ3v) is 4.53. The van der Waals surface area contributed by atoms with Gasteiger partial charge in [0.15, 0.2) is 0 Å². The molecule has 1 heterocycles. The number of piperidine rings is 1. The Kier molecular flexibility index (Phi) is 10.3. The normalized spacial score (nSPS) is 14.6. The van der Waals surface area contributed by atoms with Gasteiger partial charge in [0.2, 0.25) is 11.8 Å². The molecule has 1 aromatic carbocycles. The van der Waals surface area contributed by atoms with E-state index in [0.717, 1.165) is 30.8 Å². The molecule has 0 aromatic heterocycles. The minimum Gasteiger partial charge on any atom is -0.352 e. The number of benzene rings is 1. The van der Waals surface area contributed by atoms with E-state index in [9.17, 15) is 9.59 Å². The summed E-state index contributed by atoms with van der Waals surface area (Å²) in [6.07, 6.45) is 4.42. The highest BCUT2D eigenvalue weighted by Gasteiger charge is 2.14. The van der Waals surface area contributed by atoms with Crippen molar-refractivity contribution in [1.29, 1.82) is 0 Å². The van der Waals surface area contributed by atoms with Crippen LogP contribution in [0.4, 0.5) is 5.69 Å². The van der Waals surface area contributed by atoms with Crippen LogP contribution in [0.1, 0.15) is 51.5 Å². The number of rotatable bonds is 8. The Hall–Kier alpha value is -1.59. The third kappa shape index (κ3) is 8.68. The molecule has 0 aliphatic carbocycles. The Labute approximate surface area is 163 Å². The maximum Gasteiger partial charge on any atom is 0.224 e. The highest BCUT2D eigenvalue weighted by atomic mass is 35.5. The smallest absolute Gasteiger partial charge is 0.224 e. The minimum atomic E-state index is 0. The van der Waals surface area contributed by atoms with Crippen LogP contribution in [0.25, 0.3) is 0 Å². The van der Waals surface area contributed by atoms with Crippen molar-refractivity contribution in [2.45, 2.75) is 52.5 Å². The van der Waals surface area contributed by atoms with Crippen molar-refractivity contribution in [1.82, 2.24) is 10.6 Å². The lowest BCUT2D eigenvalue weighted by Crippen LogP contribution is -2.29. The molecule has 1 aliphatic heterocycles. The molecular weight excluding hydrogens is 350 g/mol. The van der Waals surface area contributed by atoms with Crippen molar-refractivity contribution in [3.05, 3.63) is 29.8 Å². The Morgan fingerprint density at radius 2 is 1.92 bits per heavy atom. The fourth-order valence-electron chi connectivity index (χ4n) is 3.14. The van der Waals surface area contributed by atoms with Crippen molar-refractivity contribution in [3.8, 4) is 0 Å². The van der Waals surface area contributed by atoms with E-state index < -0.39 is 0 Å². The number of amides is 2. The van der Waals surface area contributed by atoms with E-state index in [1.165, 1.54) is 12.8 Å². The first kappa shape index (κ1) is 22.5. The standard InChI is InChI=1S/C20H31N3O2.ClH/c1-15(2)12-20(25)23-18-5-3-4-17(13-18)14-22-19(24)7-6-16-8-10-21-11-9-16;/h3-5,13,15-16,21H,6-12,14H2,1-2H3,(H,22,24)(H,23,25);1H. The molecule has 1 saturated heterocycles. The van der Waals surface area contributed by atoms with Gasteiger partial charge in [-0.25, -0.2) is 0 Å². The summed E-state index contributed by atoms with van der Waals surface area (Å²) in [6.45, 7) is 6.69. The van der Waals surface area contributed by atoms with Gasteiger partial charge < -0.3 is 16.0 Å². The van der Waals surface area contributed by atoms with Gasteiger partial charge in [-0.15, -0.1) is 12.4 Å². The van der Waals surface area contributed by atoms with Crippen LogP contribution < -0.4 is 16.0 Å². The lowest BCUT2D eigenvalue weighted by atomic mass is 9.93. The van der Waals surface area contributed by atoms with Gasteiger partial charge in [-0.3, -0.25) is 9.59 Å². The van der Waals surface area contributed by atoms with Gasteiger partial charge in [-0.1, -0.05) is 26.0 Å². The van der Waals surface area contributed by atoms with Gasteiger partial charge >= 0.3 is 0 Å². The molecule has 146 valence electrons. The highest BCUT2D eigenvalue weighted by molar-refractivity contribution is 5.90. The van der Waals surface area contributed by atoms with E-state index in [4.69, 9.17) is 0 Å². The molecule has 0 bridgehead atoms. The molecule has 0 atom stereocenters. The van der Waals surface area contributed by atoms with Crippen LogP contribution in [-0.4, -0.2) is 24.9 Å². The Morgan fingerprint density at radius 1 is 1.19 bits per heavy atom. The number of hydrogen-bond donors (Lipinski definition) is 3. The van der Waals surface area contributed by atoms with E-state index in [2.05, 4.69) is 16.0 Å². The third-order valence-electron chi connectivity index (χ3n) is 4.53. The lowest BCUT2D eigenvalue weighted by Gasteiger charge is -2.22. The average Bonchev–Trinajstić information content (AvgIpc) is 2.58. The van der Waals surface area contributed by atoms with Gasteiger partial charge in [0.25, 0.3) is 0 Å². The first-order valence-corrected chi connectivity index (χ1v) is 9.39. The predicted octanol–water partition coefficient (Wildman–Crippen LogP) is 3.49. The van der Waals surface area contributed by atoms with E-state index in [1.54, 1.807) is 0 Å². The fourth-order valence-corrected chi connectivity index (χ4v) is 3.14. The van der Waals surface area contributed by atoms with Crippen LogP contribution in [0.5, 0.6) is 0 Å². The number of carbonyl (C=O) groups excluding carboxylic acids is 2. The van der Waals surface area contributed by atoms with Gasteiger partial charge in [0, 0.05) is 25.1 Å². The van der Waals surface area contributed by atoms with Crippen molar-refractivity contribution < 1.29 is 9.59 Å². The number of halogens is 1. The highest BCUT2D eigenvalue weighted by Crippen LogP contribution is 2.17. The zero-order chi connectivity index (χ0) is 18.1. The van der Waals surface area contributed by atoms with E-state index in [-0.39, 0.29) is 24.2 Å². The second-order valence-corrected chi connectivity index (χ2v) is 7.36. The number of carbonyl (C=O) groups is 2. The van der Waals surface area contributed by atoms with Gasteiger partial charge in [-0.2, -0.15) is 0 Å². The van der Waals surface area contributed by atoms with Gasteiger partial charge in [0.1, 0.15) is 0 Å². The second-order valence-electron chi connectivity index (χ2n) is 7.36. The molecule has 1 aromatic rings. The number of anilines is 1. The summed E-state index contributed by atoms with van der Waals surface area (Å²) in [6, 6.07) is 7.67. The molecule has 3 N–H and O–H groups in total. The van der Waals surface area contributed by atoms with Crippen LogP contribution in [0.3, 0.4) is 0 Å². The van der Waals surface area contributed by atoms with Crippen molar-refractivity contribution in [2.24, 2.45) is 11.8 Å². The molecule has 1 fully saturated rings. The van der Waals surface area contributed by atoms with Gasteiger partial charge in [-0.05, 0) is 61.9 Å². The molecule has 1 aliphatic rings. The lowest BCUT2D eigenvalue weighted by molar-refractivity contribution is -0.121. The Bertz CT molecular complexity index is 572. The molecule has 0 radical (unpaired) electrons. The van der Waals surface area contributed by atoms with Crippen LogP contribution in [0.2, 0.25) is 0 Å². The summed E-state index contributed by atoms with van der Waals surface area (Å²) in [7, 11) is 0. The SMILES string of the molecule is CC(C)CC(=O)Nc1cccc(CNC(=O)CCC2CCNCC2)c1.Cl. The molecular formula is C20H32ClN3O2. The quantitative estimate of drug-likeness (QED) is 0.645. The first-order chi connectivity index (χ1) is 12.0. The maximum absolute atomic E-state index is 12.0. The molecule has 26 heavy (non-hydrogen) atoms. The van der Waals surface area contributed by atoms with E-state index >= 15 is 0 Å². The molecule has 5 nitrogen and oxygen atoms in total. The van der Waals surface area contributed by atoms with Gasteiger partial charge in [0.05, 0.1) is 0 Å². The molecule has 0 saturated carbocycles. The molecule has 0 unspecified atom stereocenters. The van der Waals surface area contributed by atoms with Crippen molar-refractivity contribution >= 4 is 29.9 Å². The molecule has 0 spiro atoms. The summed E-state index contributed by atoms with van der Waals surface area (Å²) in [5, 5.41) is 9.24. The average molecular weight is 382 g/mol. The zero-order valence-corrected chi connectivity index (χ0v) is 16.7. The van der Waals surface area contributed by atoms with Crippen LogP contribution >= 0.6 is 12.4 Å². The summed E-state index contributed by atoms with van der Waals surface area (Å²) in [4.78, 5) is 23.9. The first-order valence-electron chi connectivity index (χ1n) is 9.39. The van der Waals surface area contributed by atoms with Crippen LogP contribution in [-0.2, 0) is 16.1 Å². The largest absolute Gasteiger partial charge is 0.352 e. The molecule has 2 amide bonds. The van der Waals surface area contributed by atoms with Crippen molar-refractivity contribution in [3.63, 3.8) is 0 Å². The zero-order valence-electron chi connectivity index (χ0n) is 15.8. The minimum absolute atomic E-state index is 0. The number of hydrogen-bond acceptors (Lipinski definition) is 3. The van der Waals surface area contributed by atoms with Crippen LogP contribution in [0, 0.1) is 11.8 Å². The molecule has 2 rings (SSSR count). The van der Waals surface area contributed by atoms with E-state index in [1.807, 2.05) is 38.1 Å². The summed E-state index contributed by atoms with van der Waals surface area (Å²) >= 11 is 0. The van der Waals surface area contributed by atoms with E-state index in [0.29, 0.717) is 31.2 Å². The second kappa shape index (κ2) is 11.9. The Balaban J connectivity index is 0.00000338.